The van der Waals surface area contributed by atoms with Crippen LogP contribution in [0.15, 0.2) is 78.0 Å². The van der Waals surface area contributed by atoms with E-state index < -0.39 is 57.0 Å². The zero-order chi connectivity index (χ0) is 32.0. The lowest BCUT2D eigenvalue weighted by Crippen LogP contribution is -2.43. The number of aromatic nitrogens is 2. The average molecular weight is 660 g/mol. The predicted molar refractivity (Wildman–Crippen MR) is 146 cm³/mol. The number of carboxylic acid groups (broad SMARTS) is 1. The standard InChI is InChI=1S/C28H20ClF6N3O5S/c29-22-6-2-5-21(28(33,34)35)26(22)16-13-36-37(14-16)18-7-9-24-23(12-18)38(15-19(43-24)8-10-25(39)40)44(41,42)20-4-1-3-17(11-20)27(30,31)32/h1-7,9,11-14,19H,8,10,15H2,(H,39,40). The quantitative estimate of drug-likeness (QED) is 0.213. The fraction of sp³-hybridized carbons (Fsp3) is 0.214. The molecule has 0 spiro atoms. The first-order valence-electron chi connectivity index (χ1n) is 12.7. The number of rotatable bonds is 7. The van der Waals surface area contributed by atoms with E-state index in [2.05, 4.69) is 5.10 Å². The zero-order valence-electron chi connectivity index (χ0n) is 22.1. The van der Waals surface area contributed by atoms with Gasteiger partial charge in [0.15, 0.2) is 0 Å². The van der Waals surface area contributed by atoms with E-state index in [9.17, 15) is 39.6 Å². The molecule has 1 N–H and O–H groups in total. The van der Waals surface area contributed by atoms with Gasteiger partial charge in [-0.25, -0.2) is 13.1 Å². The summed E-state index contributed by atoms with van der Waals surface area (Å²) in [6.07, 6.45) is -8.57. The van der Waals surface area contributed by atoms with Crippen LogP contribution in [0.1, 0.15) is 24.0 Å². The Bertz CT molecular complexity index is 1840. The Labute approximate surface area is 251 Å². The summed E-state index contributed by atoms with van der Waals surface area (Å²) < 4.78 is 117. The van der Waals surface area contributed by atoms with Crippen molar-refractivity contribution in [2.75, 3.05) is 10.8 Å². The van der Waals surface area contributed by atoms with Crippen molar-refractivity contribution in [2.45, 2.75) is 36.2 Å². The zero-order valence-corrected chi connectivity index (χ0v) is 23.7. The van der Waals surface area contributed by atoms with Crippen LogP contribution in [0.3, 0.4) is 0 Å². The number of hydrogen-bond donors (Lipinski definition) is 1. The smallest absolute Gasteiger partial charge is 0.417 e. The molecule has 0 aliphatic carbocycles. The number of sulfonamides is 1. The van der Waals surface area contributed by atoms with Gasteiger partial charge in [-0.15, -0.1) is 0 Å². The Morgan fingerprint density at radius 3 is 2.43 bits per heavy atom. The van der Waals surface area contributed by atoms with Crippen LogP contribution in [-0.4, -0.2) is 41.9 Å². The normalized spacial score (nSPS) is 15.5. The molecule has 2 heterocycles. The van der Waals surface area contributed by atoms with Crippen molar-refractivity contribution < 1.29 is 49.4 Å². The van der Waals surface area contributed by atoms with Crippen molar-refractivity contribution in [1.82, 2.24) is 9.78 Å². The molecule has 1 unspecified atom stereocenters. The Morgan fingerprint density at radius 1 is 1.02 bits per heavy atom. The van der Waals surface area contributed by atoms with Gasteiger partial charge in [-0.05, 0) is 55.0 Å². The molecule has 0 bridgehead atoms. The molecule has 5 rings (SSSR count). The maximum absolute atomic E-state index is 13.8. The number of halogens is 7. The van der Waals surface area contributed by atoms with Crippen LogP contribution in [0.25, 0.3) is 16.8 Å². The van der Waals surface area contributed by atoms with Gasteiger partial charge in [0.1, 0.15) is 11.9 Å². The van der Waals surface area contributed by atoms with Crippen LogP contribution in [-0.2, 0) is 27.2 Å². The van der Waals surface area contributed by atoms with Gasteiger partial charge in [0, 0.05) is 28.8 Å². The minimum atomic E-state index is -4.82. The highest BCUT2D eigenvalue weighted by Crippen LogP contribution is 2.42. The molecule has 0 saturated heterocycles. The van der Waals surface area contributed by atoms with Crippen LogP contribution in [0.5, 0.6) is 5.75 Å². The monoisotopic (exact) mass is 659 g/mol. The number of nitrogens with zero attached hydrogens (tertiary/aromatic N) is 3. The lowest BCUT2D eigenvalue weighted by Gasteiger charge is -2.35. The van der Waals surface area contributed by atoms with Crippen molar-refractivity contribution in [3.63, 3.8) is 0 Å². The minimum absolute atomic E-state index is 0.0104. The van der Waals surface area contributed by atoms with E-state index in [1.807, 2.05) is 0 Å². The third-order valence-electron chi connectivity index (χ3n) is 6.76. The Balaban J connectivity index is 1.58. The van der Waals surface area contributed by atoms with Gasteiger partial charge in [-0.1, -0.05) is 23.7 Å². The molecule has 16 heteroatoms. The largest absolute Gasteiger partial charge is 0.486 e. The van der Waals surface area contributed by atoms with Crippen molar-refractivity contribution in [3.8, 4) is 22.6 Å². The highest BCUT2D eigenvalue weighted by atomic mass is 35.5. The number of carbonyl (C=O) groups is 1. The predicted octanol–water partition coefficient (Wildman–Crippen LogP) is 7.05. The Hall–Kier alpha value is -4.24. The van der Waals surface area contributed by atoms with E-state index in [1.54, 1.807) is 0 Å². The molecular formula is C28H20ClF6N3O5S. The average Bonchev–Trinajstić information content (AvgIpc) is 3.44. The Kier molecular flexibility index (Phi) is 8.05. The number of ether oxygens (including phenoxy) is 1. The SMILES string of the molecule is O=C(O)CCC1CN(S(=O)(=O)c2cccc(C(F)(F)F)c2)c2cc(-n3cc(-c4c(Cl)cccc4C(F)(F)F)cn3)ccc2O1. The minimum Gasteiger partial charge on any atom is -0.486 e. The first-order valence-corrected chi connectivity index (χ1v) is 14.5. The number of anilines is 1. The lowest BCUT2D eigenvalue weighted by molar-refractivity contribution is -0.138. The number of aliphatic carboxylic acids is 1. The summed E-state index contributed by atoms with van der Waals surface area (Å²) in [6.45, 7) is -0.429. The topological polar surface area (TPSA) is 102 Å². The van der Waals surface area contributed by atoms with E-state index in [0.29, 0.717) is 6.07 Å². The number of alkyl halides is 6. The summed E-state index contributed by atoms with van der Waals surface area (Å²) >= 11 is 6.11. The van der Waals surface area contributed by atoms with E-state index in [-0.39, 0.29) is 46.1 Å². The van der Waals surface area contributed by atoms with Crippen LogP contribution in [0.4, 0.5) is 32.0 Å². The van der Waals surface area contributed by atoms with Crippen molar-refractivity contribution in [1.29, 1.82) is 0 Å². The first kappa shape index (κ1) is 31.2. The molecule has 4 aromatic rings. The van der Waals surface area contributed by atoms with Crippen LogP contribution < -0.4 is 9.04 Å². The van der Waals surface area contributed by atoms with Crippen LogP contribution >= 0.6 is 11.6 Å². The molecule has 1 aliphatic heterocycles. The van der Waals surface area contributed by atoms with E-state index >= 15 is 0 Å². The molecule has 232 valence electrons. The van der Waals surface area contributed by atoms with Gasteiger partial charge < -0.3 is 9.84 Å². The molecule has 0 radical (unpaired) electrons. The molecule has 1 aliphatic rings. The van der Waals surface area contributed by atoms with E-state index in [1.165, 1.54) is 35.1 Å². The summed E-state index contributed by atoms with van der Waals surface area (Å²) in [4.78, 5) is 10.5. The lowest BCUT2D eigenvalue weighted by atomic mass is 10.0. The summed E-state index contributed by atoms with van der Waals surface area (Å²) in [7, 11) is -4.66. The van der Waals surface area contributed by atoms with Gasteiger partial charge in [0.05, 0.1) is 40.1 Å². The highest BCUT2D eigenvalue weighted by molar-refractivity contribution is 7.92. The second-order valence-electron chi connectivity index (χ2n) is 9.72. The molecule has 1 atom stereocenters. The van der Waals surface area contributed by atoms with Gasteiger partial charge >= 0.3 is 18.3 Å². The molecule has 8 nitrogen and oxygen atoms in total. The second-order valence-corrected chi connectivity index (χ2v) is 12.0. The van der Waals surface area contributed by atoms with Gasteiger partial charge in [-0.2, -0.15) is 31.4 Å². The second kappa shape index (κ2) is 11.4. The van der Waals surface area contributed by atoms with E-state index in [0.717, 1.165) is 40.8 Å². The molecule has 3 aromatic carbocycles. The highest BCUT2D eigenvalue weighted by Gasteiger charge is 2.38. The van der Waals surface area contributed by atoms with Gasteiger partial charge in [0.25, 0.3) is 10.0 Å². The van der Waals surface area contributed by atoms with Crippen molar-refractivity contribution in [3.05, 3.63) is 89.2 Å². The Morgan fingerprint density at radius 2 is 1.75 bits per heavy atom. The van der Waals surface area contributed by atoms with Crippen molar-refractivity contribution >= 4 is 33.3 Å². The summed E-state index contributed by atoms with van der Waals surface area (Å²) in [6, 6.07) is 10.5. The number of carboxylic acids is 1. The molecule has 0 amide bonds. The molecule has 0 fully saturated rings. The first-order chi connectivity index (χ1) is 20.6. The molecular weight excluding hydrogens is 640 g/mol. The number of benzene rings is 3. The fourth-order valence-electron chi connectivity index (χ4n) is 4.71. The third kappa shape index (κ3) is 6.19. The summed E-state index contributed by atoms with van der Waals surface area (Å²) in [5.41, 5.74) is -2.41. The number of fused-ring (bicyclic) bond motifs is 1. The maximum Gasteiger partial charge on any atom is 0.417 e. The van der Waals surface area contributed by atoms with Crippen LogP contribution in [0.2, 0.25) is 5.02 Å². The fourth-order valence-corrected chi connectivity index (χ4v) is 6.54. The summed E-state index contributed by atoms with van der Waals surface area (Å²) in [5, 5.41) is 13.0. The van der Waals surface area contributed by atoms with Gasteiger partial charge in [-0.3, -0.25) is 9.10 Å². The molecule has 44 heavy (non-hydrogen) atoms. The van der Waals surface area contributed by atoms with Gasteiger partial charge in [0.2, 0.25) is 0 Å². The number of hydrogen-bond acceptors (Lipinski definition) is 5. The third-order valence-corrected chi connectivity index (χ3v) is 8.85. The van der Waals surface area contributed by atoms with Crippen LogP contribution in [0, 0.1) is 0 Å². The maximum atomic E-state index is 13.8. The van der Waals surface area contributed by atoms with E-state index in [4.69, 9.17) is 21.4 Å². The van der Waals surface area contributed by atoms with Crippen molar-refractivity contribution in [2.24, 2.45) is 0 Å². The molecule has 0 saturated carbocycles. The summed E-state index contributed by atoms with van der Waals surface area (Å²) in [5.74, 6) is -1.17. The molecule has 1 aromatic heterocycles.